The third kappa shape index (κ3) is 3.38. The highest BCUT2D eigenvalue weighted by Gasteiger charge is 2.27. The van der Waals surface area contributed by atoms with Crippen molar-refractivity contribution in [2.24, 2.45) is 0 Å². The number of nitrogen functional groups attached to an aromatic ring is 1. The van der Waals surface area contributed by atoms with E-state index in [2.05, 4.69) is 4.72 Å². The molecule has 2 rings (SSSR count). The number of rotatable bonds is 6. The highest BCUT2D eigenvalue weighted by molar-refractivity contribution is 7.89. The average molecular weight is 311 g/mol. The molecule has 1 heterocycles. The molecule has 0 spiro atoms. The molecular formula is C12H13N3O5S. The van der Waals surface area contributed by atoms with Crippen molar-refractivity contribution < 1.29 is 17.8 Å². The summed E-state index contributed by atoms with van der Waals surface area (Å²) in [6.45, 7) is 0.0573. The number of hydrogen-bond donors (Lipinski definition) is 2. The molecule has 8 nitrogen and oxygen atoms in total. The molecule has 9 heteroatoms. The lowest BCUT2D eigenvalue weighted by Crippen LogP contribution is -2.26. The monoisotopic (exact) mass is 311 g/mol. The summed E-state index contributed by atoms with van der Waals surface area (Å²) in [6.07, 6.45) is 1.81. The molecule has 0 unspecified atom stereocenters. The predicted molar refractivity (Wildman–Crippen MR) is 75.1 cm³/mol. The van der Waals surface area contributed by atoms with Crippen LogP contribution in [0.15, 0.2) is 45.9 Å². The van der Waals surface area contributed by atoms with Crippen molar-refractivity contribution in [1.82, 2.24) is 4.72 Å². The number of furan rings is 1. The van der Waals surface area contributed by atoms with Gasteiger partial charge in [0.2, 0.25) is 10.0 Å². The van der Waals surface area contributed by atoms with Crippen molar-refractivity contribution in [2.45, 2.75) is 11.3 Å². The molecule has 1 aromatic carbocycles. The molecule has 3 N–H and O–H groups in total. The molecular weight excluding hydrogens is 298 g/mol. The van der Waals surface area contributed by atoms with Crippen LogP contribution in [0, 0.1) is 10.1 Å². The van der Waals surface area contributed by atoms with E-state index in [1.165, 1.54) is 18.4 Å². The van der Waals surface area contributed by atoms with Gasteiger partial charge in [0.1, 0.15) is 11.4 Å². The van der Waals surface area contributed by atoms with E-state index in [0.29, 0.717) is 12.2 Å². The molecule has 0 aliphatic heterocycles. The van der Waals surface area contributed by atoms with Gasteiger partial charge in [-0.15, -0.1) is 0 Å². The Kier molecular flexibility index (Phi) is 4.24. The van der Waals surface area contributed by atoms with E-state index in [1.807, 2.05) is 0 Å². The maximum absolute atomic E-state index is 12.1. The number of nitrogens with zero attached hydrogens (tertiary/aromatic N) is 1. The van der Waals surface area contributed by atoms with E-state index in [0.717, 1.165) is 6.07 Å². The molecule has 2 aromatic rings. The second kappa shape index (κ2) is 5.94. The zero-order valence-corrected chi connectivity index (χ0v) is 11.7. The number of nitrogens with one attached hydrogen (secondary N) is 1. The summed E-state index contributed by atoms with van der Waals surface area (Å²) in [5.74, 6) is 0.611. The van der Waals surface area contributed by atoms with Crippen molar-refractivity contribution in [3.05, 3.63) is 52.5 Å². The molecule has 112 valence electrons. The van der Waals surface area contributed by atoms with Crippen LogP contribution in [-0.2, 0) is 16.4 Å². The van der Waals surface area contributed by atoms with Gasteiger partial charge in [0.15, 0.2) is 4.90 Å². The molecule has 0 aliphatic rings. The van der Waals surface area contributed by atoms with Gasteiger partial charge in [-0.2, -0.15) is 0 Å². The summed E-state index contributed by atoms with van der Waals surface area (Å²) >= 11 is 0. The van der Waals surface area contributed by atoms with Gasteiger partial charge >= 0.3 is 5.69 Å². The molecule has 1 aromatic heterocycles. The minimum absolute atomic E-state index is 0.0573. The molecule has 0 aliphatic carbocycles. The number of nitro groups is 1. The first-order valence-electron chi connectivity index (χ1n) is 5.97. The van der Waals surface area contributed by atoms with Gasteiger partial charge in [-0.25, -0.2) is 13.1 Å². The topological polar surface area (TPSA) is 128 Å². The maximum atomic E-state index is 12.1. The quantitative estimate of drug-likeness (QED) is 0.470. The fraction of sp³-hybridized carbons (Fsp3) is 0.167. The van der Waals surface area contributed by atoms with Crippen molar-refractivity contribution in [2.75, 3.05) is 12.3 Å². The number of anilines is 1. The van der Waals surface area contributed by atoms with E-state index >= 15 is 0 Å². The Morgan fingerprint density at radius 3 is 2.67 bits per heavy atom. The molecule has 0 amide bonds. The second-order valence-corrected chi connectivity index (χ2v) is 5.91. The van der Waals surface area contributed by atoms with E-state index in [-0.39, 0.29) is 12.2 Å². The number of para-hydroxylation sites is 1. The fourth-order valence-corrected chi connectivity index (χ4v) is 3.02. The maximum Gasteiger partial charge on any atom is 0.312 e. The fourth-order valence-electron chi connectivity index (χ4n) is 1.79. The van der Waals surface area contributed by atoms with Crippen LogP contribution in [0.5, 0.6) is 0 Å². The van der Waals surface area contributed by atoms with E-state index in [1.54, 1.807) is 12.1 Å². The first-order chi connectivity index (χ1) is 9.92. The van der Waals surface area contributed by atoms with Crippen LogP contribution in [0.1, 0.15) is 5.76 Å². The predicted octanol–water partition coefficient (Wildman–Crippen LogP) is 1.29. The van der Waals surface area contributed by atoms with E-state index < -0.39 is 25.5 Å². The summed E-state index contributed by atoms with van der Waals surface area (Å²) in [7, 11) is -4.03. The second-order valence-electron chi connectivity index (χ2n) is 4.18. The Morgan fingerprint density at radius 1 is 1.29 bits per heavy atom. The SMILES string of the molecule is Nc1cccc(S(=O)(=O)NCCc2ccco2)c1[N+](=O)[O-]. The Morgan fingerprint density at radius 2 is 2.05 bits per heavy atom. The molecule has 0 atom stereocenters. The standard InChI is InChI=1S/C12H13N3O5S/c13-10-4-1-5-11(12(10)15(16)17)21(18,19)14-7-6-9-3-2-8-20-9/h1-5,8,14H,6-7,13H2. The Bertz CT molecular complexity index is 740. The minimum Gasteiger partial charge on any atom is -0.469 e. The molecule has 0 fully saturated rings. The van der Waals surface area contributed by atoms with Gasteiger partial charge in [-0.05, 0) is 24.3 Å². The number of nitrogens with two attached hydrogens (primary N) is 1. The normalized spacial score (nSPS) is 11.4. The van der Waals surface area contributed by atoms with Crippen LogP contribution < -0.4 is 10.5 Å². The summed E-state index contributed by atoms with van der Waals surface area (Å²) in [4.78, 5) is 9.71. The first-order valence-corrected chi connectivity index (χ1v) is 7.45. The lowest BCUT2D eigenvalue weighted by atomic mass is 10.3. The highest BCUT2D eigenvalue weighted by atomic mass is 32.2. The zero-order valence-electron chi connectivity index (χ0n) is 10.9. The zero-order chi connectivity index (χ0) is 15.5. The largest absolute Gasteiger partial charge is 0.469 e. The molecule has 0 bridgehead atoms. The van der Waals surface area contributed by atoms with Crippen LogP contribution in [0.3, 0.4) is 0 Å². The Hall–Kier alpha value is -2.39. The van der Waals surface area contributed by atoms with Gasteiger partial charge in [-0.3, -0.25) is 10.1 Å². The van der Waals surface area contributed by atoms with Gasteiger partial charge in [0, 0.05) is 13.0 Å². The van der Waals surface area contributed by atoms with Crippen molar-refractivity contribution in [3.63, 3.8) is 0 Å². The van der Waals surface area contributed by atoms with Crippen LogP contribution in [0.25, 0.3) is 0 Å². The van der Waals surface area contributed by atoms with Crippen LogP contribution in [0.4, 0.5) is 11.4 Å². The smallest absolute Gasteiger partial charge is 0.312 e. The number of benzene rings is 1. The van der Waals surface area contributed by atoms with Gasteiger partial charge in [0.05, 0.1) is 11.2 Å². The van der Waals surface area contributed by atoms with Crippen molar-refractivity contribution >= 4 is 21.4 Å². The summed E-state index contributed by atoms with van der Waals surface area (Å²) in [5.41, 5.74) is 4.65. The number of hydrogen-bond acceptors (Lipinski definition) is 6. The van der Waals surface area contributed by atoms with E-state index in [9.17, 15) is 18.5 Å². The Balaban J connectivity index is 2.20. The van der Waals surface area contributed by atoms with Crippen molar-refractivity contribution in [3.8, 4) is 0 Å². The first kappa shape index (κ1) is 15.0. The molecule has 0 saturated carbocycles. The van der Waals surface area contributed by atoms with Crippen LogP contribution >= 0.6 is 0 Å². The summed E-state index contributed by atoms with van der Waals surface area (Å²) in [6, 6.07) is 7.16. The summed E-state index contributed by atoms with van der Waals surface area (Å²) < 4.78 is 31.6. The molecule has 21 heavy (non-hydrogen) atoms. The average Bonchev–Trinajstić information content (AvgIpc) is 2.91. The van der Waals surface area contributed by atoms with Crippen LogP contribution in [-0.4, -0.2) is 19.9 Å². The minimum atomic E-state index is -4.03. The van der Waals surface area contributed by atoms with Crippen molar-refractivity contribution in [1.29, 1.82) is 0 Å². The third-order valence-electron chi connectivity index (χ3n) is 2.75. The lowest BCUT2D eigenvalue weighted by Gasteiger charge is -2.07. The van der Waals surface area contributed by atoms with Crippen LogP contribution in [0.2, 0.25) is 0 Å². The molecule has 0 radical (unpaired) electrons. The van der Waals surface area contributed by atoms with E-state index in [4.69, 9.17) is 10.2 Å². The van der Waals surface area contributed by atoms with Gasteiger partial charge in [0.25, 0.3) is 0 Å². The Labute approximate surface area is 120 Å². The molecule has 0 saturated heterocycles. The van der Waals surface area contributed by atoms with Gasteiger partial charge < -0.3 is 10.2 Å². The lowest BCUT2D eigenvalue weighted by molar-refractivity contribution is -0.386. The van der Waals surface area contributed by atoms with Gasteiger partial charge in [-0.1, -0.05) is 6.07 Å². The third-order valence-corrected chi connectivity index (χ3v) is 4.24. The highest BCUT2D eigenvalue weighted by Crippen LogP contribution is 2.29. The number of sulfonamides is 1. The number of nitro benzene ring substituents is 1. The summed E-state index contributed by atoms with van der Waals surface area (Å²) in [5, 5.41) is 11.0.